The molecule has 0 bridgehead atoms. The van der Waals surface area contributed by atoms with Crippen LogP contribution in [0.4, 0.5) is 5.69 Å². The number of hydrogen-bond acceptors (Lipinski definition) is 4. The Balaban J connectivity index is 1.91. The van der Waals surface area contributed by atoms with Crippen LogP contribution in [0.3, 0.4) is 0 Å². The summed E-state index contributed by atoms with van der Waals surface area (Å²) in [5.41, 5.74) is 1.39. The smallest absolute Gasteiger partial charge is 0.270 e. The van der Waals surface area contributed by atoms with Crippen LogP contribution in [0.15, 0.2) is 45.8 Å². The molecule has 1 amide bonds. The van der Waals surface area contributed by atoms with Crippen LogP contribution in [0.25, 0.3) is 6.08 Å². The zero-order chi connectivity index (χ0) is 18.8. The molecule has 1 aliphatic heterocycles. The fraction of sp³-hybridized carbons (Fsp3) is 0.111. The average Bonchev–Trinajstić information content (AvgIpc) is 2.85. The van der Waals surface area contributed by atoms with Crippen molar-refractivity contribution in [3.63, 3.8) is 0 Å². The molecule has 0 spiro atoms. The maximum atomic E-state index is 12.8. The van der Waals surface area contributed by atoms with E-state index in [1.54, 1.807) is 24.3 Å². The Morgan fingerprint density at radius 1 is 1.27 bits per heavy atom. The van der Waals surface area contributed by atoms with E-state index in [2.05, 4.69) is 15.9 Å². The standard InChI is InChI=1S/C18H12BrCl2NO2S2/c1-2-24-15-6-3-10(7-12(15)19)8-16-17(23)22(18(25)26-16)14-5-4-11(20)9-13(14)21/h3-9H,2H2,1H3/b16-8+. The van der Waals surface area contributed by atoms with Crippen molar-refractivity contribution < 1.29 is 9.53 Å². The van der Waals surface area contributed by atoms with E-state index in [9.17, 15) is 4.79 Å². The van der Waals surface area contributed by atoms with Crippen LogP contribution >= 0.6 is 63.1 Å². The van der Waals surface area contributed by atoms with Crippen molar-refractivity contribution >= 4 is 85.1 Å². The molecule has 1 aliphatic rings. The van der Waals surface area contributed by atoms with Gasteiger partial charge in [-0.2, -0.15) is 0 Å². The molecule has 0 aromatic heterocycles. The number of carbonyl (C=O) groups excluding carboxylic acids is 1. The third-order valence-corrected chi connectivity index (χ3v) is 5.96. The Hall–Kier alpha value is -1.05. The van der Waals surface area contributed by atoms with E-state index >= 15 is 0 Å². The van der Waals surface area contributed by atoms with Gasteiger partial charge in [-0.05, 0) is 64.8 Å². The minimum Gasteiger partial charge on any atom is -0.493 e. The number of thioether (sulfide) groups is 1. The van der Waals surface area contributed by atoms with Crippen molar-refractivity contribution in [1.82, 2.24) is 0 Å². The number of halogens is 3. The Kier molecular flexibility index (Phi) is 6.30. The average molecular weight is 489 g/mol. The van der Waals surface area contributed by atoms with Crippen molar-refractivity contribution in [2.24, 2.45) is 0 Å². The molecule has 1 saturated heterocycles. The number of rotatable bonds is 4. The van der Waals surface area contributed by atoms with E-state index in [1.807, 2.05) is 25.1 Å². The summed E-state index contributed by atoms with van der Waals surface area (Å²) in [5, 5.41) is 0.873. The van der Waals surface area contributed by atoms with Gasteiger partial charge in [-0.3, -0.25) is 9.69 Å². The van der Waals surface area contributed by atoms with E-state index in [4.69, 9.17) is 40.2 Å². The maximum Gasteiger partial charge on any atom is 0.270 e. The number of thiocarbonyl (C=S) groups is 1. The van der Waals surface area contributed by atoms with Gasteiger partial charge in [-0.15, -0.1) is 0 Å². The van der Waals surface area contributed by atoms with E-state index in [-0.39, 0.29) is 5.91 Å². The van der Waals surface area contributed by atoms with E-state index < -0.39 is 0 Å². The first-order valence-corrected chi connectivity index (χ1v) is 10.3. The lowest BCUT2D eigenvalue weighted by Crippen LogP contribution is -2.27. The summed E-state index contributed by atoms with van der Waals surface area (Å²) in [6, 6.07) is 10.6. The maximum absolute atomic E-state index is 12.8. The van der Waals surface area contributed by atoms with Crippen molar-refractivity contribution in [3.8, 4) is 5.75 Å². The molecule has 1 heterocycles. The molecule has 0 aliphatic carbocycles. The molecule has 134 valence electrons. The lowest BCUT2D eigenvalue weighted by molar-refractivity contribution is -0.113. The van der Waals surface area contributed by atoms with Gasteiger partial charge < -0.3 is 4.74 Å². The summed E-state index contributed by atoms with van der Waals surface area (Å²) in [6.07, 6.45) is 1.80. The fourth-order valence-electron chi connectivity index (χ4n) is 2.37. The molecule has 0 saturated carbocycles. The summed E-state index contributed by atoms with van der Waals surface area (Å²) >= 11 is 22.2. The highest BCUT2D eigenvalue weighted by molar-refractivity contribution is 9.10. The normalized spacial score (nSPS) is 15.8. The van der Waals surface area contributed by atoms with Gasteiger partial charge in [0.2, 0.25) is 0 Å². The molecule has 2 aromatic carbocycles. The van der Waals surface area contributed by atoms with Crippen LogP contribution < -0.4 is 9.64 Å². The molecule has 8 heteroatoms. The second-order valence-electron chi connectivity index (χ2n) is 5.24. The lowest BCUT2D eigenvalue weighted by atomic mass is 10.2. The monoisotopic (exact) mass is 487 g/mol. The van der Waals surface area contributed by atoms with Gasteiger partial charge in [-0.25, -0.2) is 0 Å². The molecular weight excluding hydrogens is 477 g/mol. The Labute approximate surface area is 179 Å². The highest BCUT2D eigenvalue weighted by atomic mass is 79.9. The minimum absolute atomic E-state index is 0.214. The Morgan fingerprint density at radius 2 is 2.04 bits per heavy atom. The second-order valence-corrected chi connectivity index (χ2v) is 8.61. The van der Waals surface area contributed by atoms with Crippen LogP contribution in [0.1, 0.15) is 12.5 Å². The number of hydrogen-bond donors (Lipinski definition) is 0. The first-order valence-electron chi connectivity index (χ1n) is 7.56. The van der Waals surface area contributed by atoms with Gasteiger partial charge in [0.25, 0.3) is 5.91 Å². The molecule has 0 unspecified atom stereocenters. The third-order valence-electron chi connectivity index (χ3n) is 3.50. The molecule has 0 atom stereocenters. The predicted octanol–water partition coefficient (Wildman–Crippen LogP) is 6.56. The zero-order valence-electron chi connectivity index (χ0n) is 13.5. The first-order chi connectivity index (χ1) is 12.4. The summed E-state index contributed by atoms with van der Waals surface area (Å²) in [4.78, 5) is 14.8. The molecule has 26 heavy (non-hydrogen) atoms. The molecule has 3 nitrogen and oxygen atoms in total. The fourth-order valence-corrected chi connectivity index (χ4v) is 4.66. The van der Waals surface area contributed by atoms with Crippen molar-refractivity contribution in [3.05, 3.63) is 61.4 Å². The summed E-state index contributed by atoms with van der Waals surface area (Å²) in [7, 11) is 0. The molecule has 1 fully saturated rings. The van der Waals surface area contributed by atoms with Gasteiger partial charge >= 0.3 is 0 Å². The molecular formula is C18H12BrCl2NO2S2. The quantitative estimate of drug-likeness (QED) is 0.360. The van der Waals surface area contributed by atoms with Crippen molar-refractivity contribution in [1.29, 1.82) is 0 Å². The van der Waals surface area contributed by atoms with Gasteiger partial charge in [0.1, 0.15) is 5.75 Å². The zero-order valence-corrected chi connectivity index (χ0v) is 18.2. The van der Waals surface area contributed by atoms with Crippen LogP contribution in [0, 0.1) is 0 Å². The number of nitrogens with zero attached hydrogens (tertiary/aromatic N) is 1. The summed E-state index contributed by atoms with van der Waals surface area (Å²) in [5.74, 6) is 0.541. The topological polar surface area (TPSA) is 29.5 Å². The van der Waals surface area contributed by atoms with E-state index in [0.717, 1.165) is 15.8 Å². The number of benzene rings is 2. The van der Waals surface area contributed by atoms with Gasteiger partial charge in [0.05, 0.1) is 26.7 Å². The van der Waals surface area contributed by atoms with E-state index in [0.29, 0.717) is 31.6 Å². The first kappa shape index (κ1) is 19.7. The minimum atomic E-state index is -0.214. The molecule has 2 aromatic rings. The van der Waals surface area contributed by atoms with Crippen LogP contribution in [-0.4, -0.2) is 16.8 Å². The van der Waals surface area contributed by atoms with Gasteiger partial charge in [-0.1, -0.05) is 53.2 Å². The van der Waals surface area contributed by atoms with Crippen LogP contribution in [0.2, 0.25) is 10.0 Å². The molecule has 0 radical (unpaired) electrons. The van der Waals surface area contributed by atoms with Gasteiger partial charge in [0, 0.05) is 5.02 Å². The molecule has 0 N–H and O–H groups in total. The second kappa shape index (κ2) is 8.31. The number of carbonyl (C=O) groups is 1. The third kappa shape index (κ3) is 4.10. The van der Waals surface area contributed by atoms with E-state index in [1.165, 1.54) is 16.7 Å². The largest absolute Gasteiger partial charge is 0.493 e. The number of amides is 1. The lowest BCUT2D eigenvalue weighted by Gasteiger charge is -2.16. The number of anilines is 1. The number of ether oxygens (including phenoxy) is 1. The van der Waals surface area contributed by atoms with Crippen molar-refractivity contribution in [2.75, 3.05) is 11.5 Å². The predicted molar refractivity (Wildman–Crippen MR) is 117 cm³/mol. The molecule has 3 rings (SSSR count). The van der Waals surface area contributed by atoms with Gasteiger partial charge in [0.15, 0.2) is 4.32 Å². The Bertz CT molecular complexity index is 933. The SMILES string of the molecule is CCOc1ccc(/C=C2/SC(=S)N(c3ccc(Cl)cc3Cl)C2=O)cc1Br. The summed E-state index contributed by atoms with van der Waals surface area (Å²) < 4.78 is 6.75. The van der Waals surface area contributed by atoms with Crippen LogP contribution in [-0.2, 0) is 4.79 Å². The Morgan fingerprint density at radius 3 is 2.69 bits per heavy atom. The highest BCUT2D eigenvalue weighted by Crippen LogP contribution is 2.40. The van der Waals surface area contributed by atoms with Crippen LogP contribution in [0.5, 0.6) is 5.75 Å². The van der Waals surface area contributed by atoms with Crippen molar-refractivity contribution in [2.45, 2.75) is 6.92 Å². The highest BCUT2D eigenvalue weighted by Gasteiger charge is 2.34. The summed E-state index contributed by atoms with van der Waals surface area (Å²) in [6.45, 7) is 2.51.